The van der Waals surface area contributed by atoms with Gasteiger partial charge < -0.3 is 15.5 Å². The van der Waals surface area contributed by atoms with Crippen LogP contribution in [0.1, 0.15) is 18.5 Å². The third-order valence-electron chi connectivity index (χ3n) is 4.56. The first-order chi connectivity index (χ1) is 11.7. The second kappa shape index (κ2) is 6.18. The second-order valence-electron chi connectivity index (χ2n) is 5.98. The lowest BCUT2D eigenvalue weighted by atomic mass is 10.0. The molecule has 1 saturated heterocycles. The number of aromatic nitrogens is 4. The summed E-state index contributed by atoms with van der Waals surface area (Å²) < 4.78 is 5.43. The van der Waals surface area contributed by atoms with Crippen LogP contribution in [0.5, 0.6) is 0 Å². The predicted octanol–water partition coefficient (Wildman–Crippen LogP) is 2.00. The van der Waals surface area contributed by atoms with Gasteiger partial charge in [0.1, 0.15) is 11.2 Å². The van der Waals surface area contributed by atoms with E-state index in [2.05, 4.69) is 56.0 Å². The van der Waals surface area contributed by atoms with E-state index in [1.54, 1.807) is 6.33 Å². The minimum absolute atomic E-state index is 0.232. The number of H-pyrrole nitrogens is 1. The van der Waals surface area contributed by atoms with Gasteiger partial charge in [0.15, 0.2) is 5.65 Å². The van der Waals surface area contributed by atoms with Gasteiger partial charge >= 0.3 is 0 Å². The monoisotopic (exact) mass is 324 g/mol. The number of nitrogens with one attached hydrogen (secondary N) is 1. The zero-order valence-electron chi connectivity index (χ0n) is 13.6. The van der Waals surface area contributed by atoms with Crippen LogP contribution in [-0.2, 0) is 4.74 Å². The van der Waals surface area contributed by atoms with Gasteiger partial charge in [0.05, 0.1) is 19.5 Å². The molecule has 0 saturated carbocycles. The van der Waals surface area contributed by atoms with Crippen molar-refractivity contribution in [2.45, 2.75) is 13.0 Å². The lowest BCUT2D eigenvalue weighted by Crippen LogP contribution is -2.37. The van der Waals surface area contributed by atoms with Gasteiger partial charge in [-0.3, -0.25) is 4.90 Å². The van der Waals surface area contributed by atoms with Gasteiger partial charge in [0.25, 0.3) is 0 Å². The van der Waals surface area contributed by atoms with Gasteiger partial charge in [0.2, 0.25) is 5.95 Å². The maximum Gasteiger partial charge on any atom is 0.222 e. The van der Waals surface area contributed by atoms with Crippen molar-refractivity contribution in [2.75, 3.05) is 32.0 Å². The first kappa shape index (κ1) is 15.0. The first-order valence-corrected chi connectivity index (χ1v) is 8.11. The summed E-state index contributed by atoms with van der Waals surface area (Å²) in [5.74, 6) is 0.232. The standard InChI is InChI=1S/C17H20N6O/c1-11(23-6-8-24-9-7-23)12-2-4-13(5-3-12)14-15-16(20-10-19-15)22-17(18)21-14/h2-5,10-11H,6-9H2,1H3,(H3,18,19,20,21,22)/t11-/m0/s1. The molecule has 0 radical (unpaired) electrons. The summed E-state index contributed by atoms with van der Waals surface area (Å²) in [5.41, 5.74) is 10.2. The number of imidazole rings is 1. The fourth-order valence-corrected chi connectivity index (χ4v) is 3.15. The number of nitrogen functional groups attached to an aromatic ring is 1. The number of aromatic amines is 1. The molecule has 3 aromatic rings. The molecule has 0 unspecified atom stereocenters. The SMILES string of the molecule is C[C@@H](c1ccc(-c2nc(N)nc3nc[nH]c23)cc1)N1CCOCC1. The molecule has 7 heteroatoms. The number of benzene rings is 1. The zero-order chi connectivity index (χ0) is 16.5. The second-order valence-corrected chi connectivity index (χ2v) is 5.98. The van der Waals surface area contributed by atoms with Crippen molar-refractivity contribution >= 4 is 17.1 Å². The maximum absolute atomic E-state index is 5.80. The van der Waals surface area contributed by atoms with E-state index in [0.29, 0.717) is 11.7 Å². The fraction of sp³-hybridized carbons (Fsp3) is 0.353. The molecule has 24 heavy (non-hydrogen) atoms. The summed E-state index contributed by atoms with van der Waals surface area (Å²) in [7, 11) is 0. The van der Waals surface area contributed by atoms with Crippen LogP contribution < -0.4 is 5.73 Å². The Kier molecular flexibility index (Phi) is 3.87. The molecule has 1 fully saturated rings. The molecular weight excluding hydrogens is 304 g/mol. The Hall–Kier alpha value is -2.51. The van der Waals surface area contributed by atoms with Crippen LogP contribution in [0, 0.1) is 0 Å². The highest BCUT2D eigenvalue weighted by Gasteiger charge is 2.19. The molecule has 1 aromatic carbocycles. The van der Waals surface area contributed by atoms with Crippen LogP contribution >= 0.6 is 0 Å². The smallest absolute Gasteiger partial charge is 0.222 e. The highest BCUT2D eigenvalue weighted by atomic mass is 16.5. The quantitative estimate of drug-likeness (QED) is 0.765. The Balaban J connectivity index is 1.64. The van der Waals surface area contributed by atoms with E-state index in [1.165, 1.54) is 5.56 Å². The normalized spacial score (nSPS) is 17.2. The van der Waals surface area contributed by atoms with Crippen LogP contribution in [0.4, 0.5) is 5.95 Å². The van der Waals surface area contributed by atoms with E-state index in [4.69, 9.17) is 10.5 Å². The van der Waals surface area contributed by atoms with Crippen molar-refractivity contribution in [2.24, 2.45) is 0 Å². The van der Waals surface area contributed by atoms with E-state index in [1.807, 2.05) is 0 Å². The van der Waals surface area contributed by atoms with E-state index >= 15 is 0 Å². The molecule has 2 aromatic heterocycles. The van der Waals surface area contributed by atoms with Crippen LogP contribution in [0.2, 0.25) is 0 Å². The predicted molar refractivity (Wildman–Crippen MR) is 92.3 cm³/mol. The van der Waals surface area contributed by atoms with Crippen LogP contribution in [-0.4, -0.2) is 51.1 Å². The molecule has 0 amide bonds. The minimum atomic E-state index is 0.232. The average molecular weight is 324 g/mol. The van der Waals surface area contributed by atoms with Crippen LogP contribution in [0.3, 0.4) is 0 Å². The van der Waals surface area contributed by atoms with Crippen molar-refractivity contribution in [3.05, 3.63) is 36.2 Å². The van der Waals surface area contributed by atoms with E-state index in [9.17, 15) is 0 Å². The van der Waals surface area contributed by atoms with Gasteiger partial charge in [-0.05, 0) is 12.5 Å². The molecule has 0 aliphatic carbocycles. The van der Waals surface area contributed by atoms with Crippen LogP contribution in [0.15, 0.2) is 30.6 Å². The summed E-state index contributed by atoms with van der Waals surface area (Å²) in [4.78, 5) is 18.2. The Labute approximate surface area is 139 Å². The Morgan fingerprint density at radius 1 is 1.17 bits per heavy atom. The van der Waals surface area contributed by atoms with Gasteiger partial charge in [-0.1, -0.05) is 24.3 Å². The number of morpholine rings is 1. The van der Waals surface area contributed by atoms with Crippen molar-refractivity contribution in [3.8, 4) is 11.3 Å². The summed E-state index contributed by atoms with van der Waals surface area (Å²) in [6.45, 7) is 5.79. The Morgan fingerprint density at radius 3 is 2.67 bits per heavy atom. The largest absolute Gasteiger partial charge is 0.379 e. The summed E-state index contributed by atoms with van der Waals surface area (Å²) in [6.07, 6.45) is 1.61. The highest BCUT2D eigenvalue weighted by Crippen LogP contribution is 2.27. The van der Waals surface area contributed by atoms with E-state index in [0.717, 1.165) is 43.1 Å². The van der Waals surface area contributed by atoms with Gasteiger partial charge in [-0.15, -0.1) is 0 Å². The number of fused-ring (bicyclic) bond motifs is 1. The molecule has 0 spiro atoms. The highest BCUT2D eigenvalue weighted by molar-refractivity contribution is 5.87. The molecule has 1 aliphatic heterocycles. The van der Waals surface area contributed by atoms with Crippen molar-refractivity contribution in [1.29, 1.82) is 0 Å². The van der Waals surface area contributed by atoms with E-state index in [-0.39, 0.29) is 5.95 Å². The fourth-order valence-electron chi connectivity index (χ4n) is 3.15. The molecule has 4 rings (SSSR count). The number of nitrogens with zero attached hydrogens (tertiary/aromatic N) is 4. The summed E-state index contributed by atoms with van der Waals surface area (Å²) >= 11 is 0. The number of anilines is 1. The van der Waals surface area contributed by atoms with Gasteiger partial charge in [0, 0.05) is 24.7 Å². The van der Waals surface area contributed by atoms with Gasteiger partial charge in [-0.25, -0.2) is 9.97 Å². The Morgan fingerprint density at radius 2 is 1.92 bits per heavy atom. The lowest BCUT2D eigenvalue weighted by Gasteiger charge is -2.32. The number of rotatable bonds is 3. The molecular formula is C17H20N6O. The summed E-state index contributed by atoms with van der Waals surface area (Å²) in [6, 6.07) is 8.82. The topological polar surface area (TPSA) is 92.9 Å². The first-order valence-electron chi connectivity index (χ1n) is 8.11. The minimum Gasteiger partial charge on any atom is -0.379 e. The van der Waals surface area contributed by atoms with Crippen molar-refractivity contribution in [3.63, 3.8) is 0 Å². The molecule has 0 bridgehead atoms. The summed E-state index contributed by atoms with van der Waals surface area (Å²) in [5, 5.41) is 0. The van der Waals surface area contributed by atoms with E-state index < -0.39 is 0 Å². The molecule has 3 N–H and O–H groups in total. The lowest BCUT2D eigenvalue weighted by molar-refractivity contribution is 0.0198. The maximum atomic E-state index is 5.80. The molecule has 3 heterocycles. The number of hydrogen-bond donors (Lipinski definition) is 2. The third kappa shape index (κ3) is 2.72. The molecule has 1 aliphatic rings. The zero-order valence-corrected chi connectivity index (χ0v) is 13.6. The van der Waals surface area contributed by atoms with Gasteiger partial charge in [-0.2, -0.15) is 4.98 Å². The molecule has 7 nitrogen and oxygen atoms in total. The number of hydrogen-bond acceptors (Lipinski definition) is 6. The average Bonchev–Trinajstić information content (AvgIpc) is 3.09. The third-order valence-corrected chi connectivity index (χ3v) is 4.56. The number of nitrogens with two attached hydrogens (primary N) is 1. The number of ether oxygens (including phenoxy) is 1. The van der Waals surface area contributed by atoms with Crippen molar-refractivity contribution < 1.29 is 4.74 Å². The molecule has 124 valence electrons. The Bertz CT molecular complexity index is 838. The van der Waals surface area contributed by atoms with Crippen LogP contribution in [0.25, 0.3) is 22.4 Å². The van der Waals surface area contributed by atoms with Crippen molar-refractivity contribution in [1.82, 2.24) is 24.8 Å². The molecule has 1 atom stereocenters.